The van der Waals surface area contributed by atoms with Crippen molar-refractivity contribution in [2.75, 3.05) is 0 Å². The average molecular weight is 2140 g/mol. The molecule has 7 aromatic carbocycles. The summed E-state index contributed by atoms with van der Waals surface area (Å²) < 4.78 is 94.0. The van der Waals surface area contributed by atoms with Gasteiger partial charge >= 0.3 is 59.4 Å². The fraction of sp³-hybridized carbons (Fsp3) is 0.438. The first-order chi connectivity index (χ1) is 52.4. The van der Waals surface area contributed by atoms with E-state index < -0.39 is 34.9 Å². The molecule has 13 heteroatoms. The standard InChI is InChI=1S/C32H37F2N2.2C26H28F2N.3C5H10.6CH3.3Os/c1-19(2)25-16-23(22-11-7-8-12-22)17-26(20(3)4)31(25)36-29-14-10-9-13-28(29)35(6)32(36)30-21(5)15-24(33)18-27(30)34;1-16-11-21(19-7-5-6-8-19)12-17(2)25(16)20-9-10-24(29(4)15-20)26-18(3)13-22(27)14-23(26)28;1-16-11-21(19-7-5-6-8-19)12-17(2)25(16)20-9-10-29(4)24(14-20)26-18(3)13-22(27)15-23(26)28;3*1-2-4-5-3-1;;;;;;;;;/h9-10,13-20,22H,7-8,11-12H2,1-6H3;2*9-15,19H,5-8H2,1-4H3;3*1-5H2;6*1H3;;;/q3*+1;;;;6*-1;3*+2. The Labute approximate surface area is 751 Å². The zero-order chi connectivity index (χ0) is 77.7. The number of imidazole rings is 1. The van der Waals surface area contributed by atoms with Gasteiger partial charge in [0.2, 0.25) is 11.4 Å². The third kappa shape index (κ3) is 26.2. The Hall–Kier alpha value is -6.20. The second-order valence-corrected chi connectivity index (χ2v) is 33.4. The molecule has 0 amide bonds. The van der Waals surface area contributed by atoms with Crippen molar-refractivity contribution in [1.82, 2.24) is 4.57 Å². The summed E-state index contributed by atoms with van der Waals surface area (Å²) in [6.45, 7) is 23.0. The Morgan fingerprint density at radius 2 is 0.653 bits per heavy atom. The van der Waals surface area contributed by atoms with Crippen LogP contribution in [0.15, 0.2) is 134 Å². The van der Waals surface area contributed by atoms with E-state index in [9.17, 15) is 22.0 Å². The van der Waals surface area contributed by atoms with E-state index in [1.165, 1.54) is 253 Å². The molecule has 10 aromatic rings. The maximum atomic E-state index is 15.5. The molecule has 0 radical (unpaired) electrons. The Balaban J connectivity index is 0.000000531. The summed E-state index contributed by atoms with van der Waals surface area (Å²) in [6, 6.07) is 37.6. The van der Waals surface area contributed by atoms with Gasteiger partial charge in [-0.3, -0.25) is 0 Å². The molecule has 3 aromatic heterocycles. The van der Waals surface area contributed by atoms with Crippen molar-refractivity contribution in [3.63, 3.8) is 0 Å². The van der Waals surface area contributed by atoms with Crippen molar-refractivity contribution >= 4 is 11.0 Å². The van der Waals surface area contributed by atoms with Gasteiger partial charge in [-0.2, -0.15) is 4.57 Å². The van der Waals surface area contributed by atoms with Crippen LogP contribution in [-0.4, -0.2) is 4.57 Å². The molecule has 4 nitrogen and oxygen atoms in total. The van der Waals surface area contributed by atoms with Gasteiger partial charge in [-0.25, -0.2) is 40.0 Å². The minimum atomic E-state index is -0.550. The number of aromatic nitrogens is 4. The number of pyridine rings is 2. The SMILES string of the molecule is C1CCCC1.C1CCCC1.C1CCCC1.Cc1cc(C2CCCC2)cc(C)c1-c1cc[n+](C)c(-c2c(C)cc(F)cc2F)c1.Cc1cc(C2CCCC2)cc(C)c1-c1ccc(-c2c(C)cc(F)cc2F)[n+](C)c1.Cc1cc(F)cc(F)c1-c1n(-c2c(C(C)C)cc(C3CCCC3)cc2C(C)C)c2ccccc2[n+]1C.[CH3-].[CH3-].[CH3-].[CH3-].[CH3-].[CH3-].[Os+2].[Os+2].[Os+2]. The van der Waals surface area contributed by atoms with Crippen LogP contribution in [0.5, 0.6) is 0 Å². The minimum Gasteiger partial charge on any atom is -0.358 e. The maximum absolute atomic E-state index is 15.5. The number of aryl methyl sites for hydroxylation is 10. The number of hydrogen-bond donors (Lipinski definition) is 0. The van der Waals surface area contributed by atoms with Crippen LogP contribution in [0.1, 0.15) is 297 Å². The third-order valence-electron chi connectivity index (χ3n) is 24.4. The van der Waals surface area contributed by atoms with Crippen molar-refractivity contribution in [1.29, 1.82) is 0 Å². The summed E-state index contributed by atoms with van der Waals surface area (Å²) in [5.74, 6) is 0.0810. The number of halogens is 6. The molecule has 0 atom stereocenters. The number of benzene rings is 7. The maximum Gasteiger partial charge on any atom is 2.00 e. The van der Waals surface area contributed by atoms with Crippen molar-refractivity contribution in [3.05, 3.63) is 280 Å². The van der Waals surface area contributed by atoms with Crippen molar-refractivity contribution < 1.29 is 99.4 Å². The summed E-state index contributed by atoms with van der Waals surface area (Å²) in [6.07, 6.45) is 42.1. The molecular formula is C105H141F6N4Os3+3. The summed E-state index contributed by atoms with van der Waals surface area (Å²) in [7, 11) is 5.79. The molecule has 6 aliphatic carbocycles. The predicted octanol–water partition coefficient (Wildman–Crippen LogP) is 30.6. The first-order valence-electron chi connectivity index (χ1n) is 41.7. The van der Waals surface area contributed by atoms with Crippen LogP contribution in [-0.2, 0) is 80.5 Å². The van der Waals surface area contributed by atoms with Crippen molar-refractivity contribution in [3.8, 4) is 61.8 Å². The number of nitrogens with zero attached hydrogens (tertiary/aromatic N) is 4. The van der Waals surface area contributed by atoms with E-state index in [0.29, 0.717) is 51.1 Å². The predicted molar refractivity (Wildman–Crippen MR) is 479 cm³/mol. The van der Waals surface area contributed by atoms with E-state index in [1.54, 1.807) is 20.8 Å². The van der Waals surface area contributed by atoms with Crippen LogP contribution in [0.2, 0.25) is 0 Å². The van der Waals surface area contributed by atoms with E-state index in [2.05, 4.69) is 119 Å². The minimum absolute atomic E-state index is 0. The van der Waals surface area contributed by atoms with E-state index >= 15 is 4.39 Å². The summed E-state index contributed by atoms with van der Waals surface area (Å²) in [5.41, 5.74) is 24.4. The Morgan fingerprint density at radius 3 is 1.00 bits per heavy atom. The normalized spacial score (nSPS) is 14.7. The van der Waals surface area contributed by atoms with E-state index in [-0.39, 0.29) is 116 Å². The molecule has 0 spiro atoms. The van der Waals surface area contributed by atoms with E-state index in [1.807, 2.05) is 73.0 Å². The molecule has 0 aliphatic heterocycles. The Bertz CT molecular complexity index is 4600. The number of hydrogen-bond acceptors (Lipinski definition) is 0. The van der Waals surface area contributed by atoms with Crippen LogP contribution in [0.4, 0.5) is 26.3 Å². The van der Waals surface area contributed by atoms with Crippen LogP contribution in [0.3, 0.4) is 0 Å². The fourth-order valence-corrected chi connectivity index (χ4v) is 18.7. The van der Waals surface area contributed by atoms with Crippen LogP contribution >= 0.6 is 0 Å². The molecule has 0 saturated heterocycles. The third-order valence-corrected chi connectivity index (χ3v) is 24.4. The van der Waals surface area contributed by atoms with Gasteiger partial charge in [0.1, 0.15) is 60.2 Å². The van der Waals surface area contributed by atoms with Gasteiger partial charge in [-0.05, 0) is 225 Å². The summed E-state index contributed by atoms with van der Waals surface area (Å²) >= 11 is 0. The number of para-hydroxylation sites is 2. The molecule has 3 heterocycles. The van der Waals surface area contributed by atoms with E-state index in [4.69, 9.17) is 0 Å². The topological polar surface area (TPSA) is 16.6 Å². The first-order valence-corrected chi connectivity index (χ1v) is 41.7. The van der Waals surface area contributed by atoms with Gasteiger partial charge in [0, 0.05) is 53.1 Å². The van der Waals surface area contributed by atoms with E-state index in [0.717, 1.165) is 63.3 Å². The number of rotatable bonds is 11. The van der Waals surface area contributed by atoms with Gasteiger partial charge in [0.25, 0.3) is 5.82 Å². The van der Waals surface area contributed by atoms with Crippen molar-refractivity contribution in [2.45, 2.75) is 279 Å². The molecule has 644 valence electrons. The number of fused-ring (bicyclic) bond motifs is 1. The van der Waals surface area contributed by atoms with Gasteiger partial charge in [0.05, 0.1) is 18.2 Å². The Morgan fingerprint density at radius 1 is 0.331 bits per heavy atom. The first kappa shape index (κ1) is 108. The Kier molecular flexibility index (Phi) is 46.1. The average Bonchev–Trinajstić information content (AvgIpc) is 1.57. The molecule has 0 bridgehead atoms. The van der Waals surface area contributed by atoms with Crippen molar-refractivity contribution in [2.24, 2.45) is 21.1 Å². The molecular weight excluding hydrogens is 2000 g/mol. The zero-order valence-corrected chi connectivity index (χ0v) is 82.9. The van der Waals surface area contributed by atoms with Gasteiger partial charge in [-0.1, -0.05) is 211 Å². The zero-order valence-electron chi connectivity index (χ0n) is 75.3. The van der Waals surface area contributed by atoms with Crippen LogP contribution in [0, 0.1) is 128 Å². The molecule has 118 heavy (non-hydrogen) atoms. The molecule has 0 N–H and O–H groups in total. The molecule has 0 unspecified atom stereocenters. The summed E-state index contributed by atoms with van der Waals surface area (Å²) in [4.78, 5) is 0. The quantitative estimate of drug-likeness (QED) is 0.0697. The van der Waals surface area contributed by atoms with Gasteiger partial charge < -0.3 is 44.6 Å². The molecule has 6 aliphatic rings. The van der Waals surface area contributed by atoms with Crippen LogP contribution in [0.25, 0.3) is 72.9 Å². The van der Waals surface area contributed by atoms with Crippen LogP contribution < -0.4 is 13.7 Å². The fourth-order valence-electron chi connectivity index (χ4n) is 18.7. The second-order valence-electron chi connectivity index (χ2n) is 33.4. The smallest absolute Gasteiger partial charge is 0.358 e. The monoisotopic (exact) mass is 2150 g/mol. The van der Waals surface area contributed by atoms with Gasteiger partial charge in [0.15, 0.2) is 23.4 Å². The molecule has 6 fully saturated rings. The molecule has 6 saturated carbocycles. The largest absolute Gasteiger partial charge is 2.00 e. The summed E-state index contributed by atoms with van der Waals surface area (Å²) in [5, 5.41) is 0. The second kappa shape index (κ2) is 50.4. The van der Waals surface area contributed by atoms with Gasteiger partial charge in [-0.15, -0.1) is 0 Å². The molecule has 16 rings (SSSR count).